The summed E-state index contributed by atoms with van der Waals surface area (Å²) in [7, 11) is 1.66. The van der Waals surface area contributed by atoms with Crippen molar-refractivity contribution in [1.82, 2.24) is 9.80 Å². The Morgan fingerprint density at radius 3 is 2.62 bits per heavy atom. The van der Waals surface area contributed by atoms with E-state index in [1.807, 2.05) is 30.3 Å². The van der Waals surface area contributed by atoms with E-state index in [1.165, 1.54) is 18.4 Å². The second-order valence-electron chi connectivity index (χ2n) is 7.27. The first-order valence-electron chi connectivity index (χ1n) is 9.46. The quantitative estimate of drug-likeness (QED) is 0.830. The summed E-state index contributed by atoms with van der Waals surface area (Å²) in [5.74, 6) is 0.996. The lowest BCUT2D eigenvalue weighted by Gasteiger charge is -2.42. The number of hydrogen-bond acceptors (Lipinski definition) is 3. The molecule has 2 fully saturated rings. The van der Waals surface area contributed by atoms with E-state index in [2.05, 4.69) is 34.1 Å². The first-order chi connectivity index (χ1) is 12.7. The first-order valence-corrected chi connectivity index (χ1v) is 9.46. The van der Waals surface area contributed by atoms with Gasteiger partial charge in [0, 0.05) is 25.7 Å². The molecule has 2 aromatic rings. The van der Waals surface area contributed by atoms with Crippen LogP contribution in [0.5, 0.6) is 5.75 Å². The zero-order valence-electron chi connectivity index (χ0n) is 15.3. The Kier molecular flexibility index (Phi) is 4.93. The average molecular weight is 350 g/mol. The molecule has 1 aliphatic heterocycles. The Labute approximate surface area is 155 Å². The molecule has 1 amide bonds. The van der Waals surface area contributed by atoms with Crippen LogP contribution < -0.4 is 4.74 Å². The van der Waals surface area contributed by atoms with Crippen molar-refractivity contribution in [2.75, 3.05) is 26.7 Å². The predicted octanol–water partition coefficient (Wildman–Crippen LogP) is 3.29. The third-order valence-corrected chi connectivity index (χ3v) is 5.47. The zero-order chi connectivity index (χ0) is 17.9. The molecule has 4 rings (SSSR count). The van der Waals surface area contributed by atoms with Gasteiger partial charge in [-0.05, 0) is 36.1 Å². The van der Waals surface area contributed by atoms with Crippen LogP contribution in [0.4, 0.5) is 0 Å². The molecular formula is C22H26N2O2. The van der Waals surface area contributed by atoms with Crippen molar-refractivity contribution < 1.29 is 9.53 Å². The van der Waals surface area contributed by atoms with E-state index in [0.29, 0.717) is 6.42 Å². The minimum atomic E-state index is 0.142. The number of nitrogens with zero attached hydrogens (tertiary/aromatic N) is 2. The number of ether oxygens (including phenoxy) is 1. The van der Waals surface area contributed by atoms with Gasteiger partial charge in [0.1, 0.15) is 5.75 Å². The Morgan fingerprint density at radius 2 is 1.88 bits per heavy atom. The van der Waals surface area contributed by atoms with Crippen molar-refractivity contribution in [3.63, 3.8) is 0 Å². The molecule has 1 unspecified atom stereocenters. The molecule has 26 heavy (non-hydrogen) atoms. The highest BCUT2D eigenvalue weighted by Gasteiger charge is 2.37. The summed E-state index contributed by atoms with van der Waals surface area (Å²) in [4.78, 5) is 17.7. The van der Waals surface area contributed by atoms with Crippen LogP contribution in [-0.2, 0) is 11.2 Å². The molecule has 4 nitrogen and oxygen atoms in total. The smallest absolute Gasteiger partial charge is 0.227 e. The molecule has 136 valence electrons. The van der Waals surface area contributed by atoms with Gasteiger partial charge in [-0.1, -0.05) is 42.5 Å². The highest BCUT2D eigenvalue weighted by Crippen LogP contribution is 2.33. The lowest BCUT2D eigenvalue weighted by molar-refractivity contribution is -0.135. The van der Waals surface area contributed by atoms with Gasteiger partial charge >= 0.3 is 0 Å². The van der Waals surface area contributed by atoms with Crippen LogP contribution >= 0.6 is 0 Å². The Balaban J connectivity index is 1.53. The molecule has 2 aliphatic rings. The summed E-state index contributed by atoms with van der Waals surface area (Å²) in [5, 5.41) is 0. The van der Waals surface area contributed by atoms with Gasteiger partial charge in [-0.15, -0.1) is 0 Å². The van der Waals surface area contributed by atoms with Crippen LogP contribution in [0.25, 0.3) is 0 Å². The van der Waals surface area contributed by atoms with E-state index in [1.54, 1.807) is 7.11 Å². The number of carbonyl (C=O) groups is 1. The van der Waals surface area contributed by atoms with Gasteiger partial charge in [-0.3, -0.25) is 9.69 Å². The minimum absolute atomic E-state index is 0.142. The zero-order valence-corrected chi connectivity index (χ0v) is 15.3. The van der Waals surface area contributed by atoms with Gasteiger partial charge in [-0.25, -0.2) is 0 Å². The second kappa shape index (κ2) is 7.50. The fraction of sp³-hybridized carbons (Fsp3) is 0.409. The summed E-state index contributed by atoms with van der Waals surface area (Å²) in [6.07, 6.45) is 3.03. The van der Waals surface area contributed by atoms with Crippen molar-refractivity contribution >= 4 is 5.91 Å². The SMILES string of the molecule is COc1cccc(CC(=O)N2CCN(C3CC3)CC2c2ccccc2)c1. The summed E-state index contributed by atoms with van der Waals surface area (Å²) in [6, 6.07) is 19.1. The molecule has 1 atom stereocenters. The lowest BCUT2D eigenvalue weighted by Crippen LogP contribution is -2.51. The molecule has 1 saturated carbocycles. The van der Waals surface area contributed by atoms with Gasteiger partial charge in [0.2, 0.25) is 5.91 Å². The number of rotatable bonds is 5. The third kappa shape index (κ3) is 3.75. The number of hydrogen-bond donors (Lipinski definition) is 0. The second-order valence-corrected chi connectivity index (χ2v) is 7.27. The Hall–Kier alpha value is -2.33. The van der Waals surface area contributed by atoms with Crippen molar-refractivity contribution in [2.45, 2.75) is 31.3 Å². The fourth-order valence-electron chi connectivity index (χ4n) is 3.89. The predicted molar refractivity (Wildman–Crippen MR) is 102 cm³/mol. The first kappa shape index (κ1) is 17.1. The average Bonchev–Trinajstić information content (AvgIpc) is 3.53. The molecule has 2 aromatic carbocycles. The van der Waals surface area contributed by atoms with Crippen molar-refractivity contribution in [3.05, 3.63) is 65.7 Å². The number of amides is 1. The van der Waals surface area contributed by atoms with Crippen LogP contribution in [0.3, 0.4) is 0 Å². The van der Waals surface area contributed by atoms with Gasteiger partial charge in [0.25, 0.3) is 0 Å². The van der Waals surface area contributed by atoms with Gasteiger partial charge in [0.05, 0.1) is 19.6 Å². The van der Waals surface area contributed by atoms with Crippen molar-refractivity contribution in [2.24, 2.45) is 0 Å². The molecule has 0 spiro atoms. The molecular weight excluding hydrogens is 324 g/mol. The summed E-state index contributed by atoms with van der Waals surface area (Å²) in [5.41, 5.74) is 2.24. The Bertz CT molecular complexity index is 758. The third-order valence-electron chi connectivity index (χ3n) is 5.47. The fourth-order valence-corrected chi connectivity index (χ4v) is 3.89. The molecule has 0 bridgehead atoms. The van der Waals surface area contributed by atoms with E-state index in [-0.39, 0.29) is 11.9 Å². The molecule has 1 saturated heterocycles. The minimum Gasteiger partial charge on any atom is -0.497 e. The standard InChI is InChI=1S/C22H26N2O2/c1-26-20-9-5-6-17(14-20)15-22(25)24-13-12-23(19-10-11-19)16-21(24)18-7-3-2-4-8-18/h2-9,14,19,21H,10-13,15-16H2,1H3. The van der Waals surface area contributed by atoms with Crippen LogP contribution in [0, 0.1) is 0 Å². The maximum absolute atomic E-state index is 13.1. The molecule has 0 radical (unpaired) electrons. The monoisotopic (exact) mass is 350 g/mol. The Morgan fingerprint density at radius 1 is 1.08 bits per heavy atom. The maximum Gasteiger partial charge on any atom is 0.227 e. The molecule has 4 heteroatoms. The van der Waals surface area contributed by atoms with Crippen molar-refractivity contribution in [3.8, 4) is 5.75 Å². The highest BCUT2D eigenvalue weighted by molar-refractivity contribution is 5.79. The van der Waals surface area contributed by atoms with Crippen LogP contribution in [0.15, 0.2) is 54.6 Å². The van der Waals surface area contributed by atoms with Crippen LogP contribution in [0.2, 0.25) is 0 Å². The summed E-state index contributed by atoms with van der Waals surface area (Å²) >= 11 is 0. The lowest BCUT2D eigenvalue weighted by atomic mass is 10.0. The van der Waals surface area contributed by atoms with Crippen LogP contribution in [0.1, 0.15) is 30.0 Å². The van der Waals surface area contributed by atoms with Crippen molar-refractivity contribution in [1.29, 1.82) is 0 Å². The summed E-state index contributed by atoms with van der Waals surface area (Å²) < 4.78 is 5.29. The van der Waals surface area contributed by atoms with Gasteiger partial charge in [0.15, 0.2) is 0 Å². The van der Waals surface area contributed by atoms with E-state index in [4.69, 9.17) is 4.74 Å². The maximum atomic E-state index is 13.1. The largest absolute Gasteiger partial charge is 0.497 e. The number of piperazine rings is 1. The number of methoxy groups -OCH3 is 1. The van der Waals surface area contributed by atoms with Crippen LogP contribution in [-0.4, -0.2) is 48.5 Å². The summed E-state index contributed by atoms with van der Waals surface area (Å²) in [6.45, 7) is 2.73. The molecule has 0 aromatic heterocycles. The topological polar surface area (TPSA) is 32.8 Å². The molecule has 1 aliphatic carbocycles. The normalized spacial score (nSPS) is 20.8. The van der Waals surface area contributed by atoms with E-state index in [9.17, 15) is 4.79 Å². The van der Waals surface area contributed by atoms with Gasteiger partial charge in [-0.2, -0.15) is 0 Å². The van der Waals surface area contributed by atoms with Gasteiger partial charge < -0.3 is 9.64 Å². The number of carbonyl (C=O) groups excluding carboxylic acids is 1. The highest BCUT2D eigenvalue weighted by atomic mass is 16.5. The number of benzene rings is 2. The molecule has 0 N–H and O–H groups in total. The van der Waals surface area contributed by atoms with E-state index < -0.39 is 0 Å². The van der Waals surface area contributed by atoms with E-state index in [0.717, 1.165) is 37.0 Å². The molecule has 1 heterocycles. The van der Waals surface area contributed by atoms with E-state index >= 15 is 0 Å².